The number of aromatic nitrogens is 2. The lowest BCUT2D eigenvalue weighted by molar-refractivity contribution is 0.219. The number of benzene rings is 1. The third kappa shape index (κ3) is 3.58. The molecule has 1 aromatic carbocycles. The second-order valence-corrected chi connectivity index (χ2v) is 5.57. The summed E-state index contributed by atoms with van der Waals surface area (Å²) in [4.78, 5) is 19.0. The van der Waals surface area contributed by atoms with E-state index in [2.05, 4.69) is 9.88 Å². The molecule has 0 saturated carbocycles. The van der Waals surface area contributed by atoms with E-state index in [0.717, 1.165) is 37.4 Å². The van der Waals surface area contributed by atoms with E-state index in [1.54, 1.807) is 17.0 Å². The average Bonchev–Trinajstić information content (AvgIpc) is 2.55. The van der Waals surface area contributed by atoms with Crippen LogP contribution in [0, 0.1) is 0 Å². The highest BCUT2D eigenvalue weighted by Crippen LogP contribution is 2.13. The van der Waals surface area contributed by atoms with Crippen molar-refractivity contribution in [1.29, 1.82) is 0 Å². The number of hydrogen-bond acceptors (Lipinski definition) is 3. The van der Waals surface area contributed by atoms with Gasteiger partial charge in [0.05, 0.1) is 12.0 Å². The Kier molecular flexibility index (Phi) is 4.46. The van der Waals surface area contributed by atoms with Crippen molar-refractivity contribution >= 4 is 0 Å². The molecule has 4 nitrogen and oxygen atoms in total. The monoisotopic (exact) mass is 283 g/mol. The zero-order valence-electron chi connectivity index (χ0n) is 12.2. The van der Waals surface area contributed by atoms with Crippen LogP contribution in [0.15, 0.2) is 47.5 Å². The molecular formula is C17H21N3O. The Balaban J connectivity index is 1.68. The molecule has 1 aliphatic heterocycles. The highest BCUT2D eigenvalue weighted by atomic mass is 16.1. The molecule has 3 rings (SSSR count). The molecule has 4 heteroatoms. The molecule has 0 bridgehead atoms. The molecule has 21 heavy (non-hydrogen) atoms. The number of piperidine rings is 1. The van der Waals surface area contributed by atoms with Crippen LogP contribution in [0.25, 0.3) is 11.3 Å². The summed E-state index contributed by atoms with van der Waals surface area (Å²) in [6, 6.07) is 11.5. The summed E-state index contributed by atoms with van der Waals surface area (Å²) in [5.74, 6) is 0. The van der Waals surface area contributed by atoms with E-state index in [9.17, 15) is 4.79 Å². The fourth-order valence-corrected chi connectivity index (χ4v) is 2.79. The Bertz CT molecular complexity index is 630. The summed E-state index contributed by atoms with van der Waals surface area (Å²) in [5, 5.41) is 0. The molecule has 0 amide bonds. The number of likely N-dealkylation sites (tertiary alicyclic amines) is 1. The second-order valence-electron chi connectivity index (χ2n) is 5.57. The van der Waals surface area contributed by atoms with Gasteiger partial charge < -0.3 is 4.90 Å². The van der Waals surface area contributed by atoms with Crippen LogP contribution >= 0.6 is 0 Å². The van der Waals surface area contributed by atoms with Crippen molar-refractivity contribution in [1.82, 2.24) is 14.5 Å². The largest absolute Gasteiger partial charge is 0.302 e. The summed E-state index contributed by atoms with van der Waals surface area (Å²) in [7, 11) is 0. The van der Waals surface area contributed by atoms with Gasteiger partial charge in [-0.15, -0.1) is 0 Å². The SMILES string of the molecule is O=c1cc(-c2ccccc2)ncn1CCN1CCCCC1. The van der Waals surface area contributed by atoms with Crippen molar-refractivity contribution in [3.8, 4) is 11.3 Å². The molecule has 0 unspecified atom stereocenters. The summed E-state index contributed by atoms with van der Waals surface area (Å²) in [5.41, 5.74) is 1.76. The first-order valence-corrected chi connectivity index (χ1v) is 7.67. The predicted molar refractivity (Wildman–Crippen MR) is 84.2 cm³/mol. The topological polar surface area (TPSA) is 38.1 Å². The quantitative estimate of drug-likeness (QED) is 0.865. The summed E-state index contributed by atoms with van der Waals surface area (Å²) in [6.45, 7) is 3.97. The third-order valence-corrected chi connectivity index (χ3v) is 4.05. The van der Waals surface area contributed by atoms with E-state index in [-0.39, 0.29) is 5.56 Å². The Morgan fingerprint density at radius 2 is 1.76 bits per heavy atom. The molecule has 1 fully saturated rings. The van der Waals surface area contributed by atoms with Crippen LogP contribution in [0.1, 0.15) is 19.3 Å². The van der Waals surface area contributed by atoms with Crippen molar-refractivity contribution in [2.75, 3.05) is 19.6 Å². The minimum Gasteiger partial charge on any atom is -0.302 e. The van der Waals surface area contributed by atoms with E-state index < -0.39 is 0 Å². The molecule has 1 saturated heterocycles. The molecule has 110 valence electrons. The Hall–Kier alpha value is -1.94. The van der Waals surface area contributed by atoms with Crippen LogP contribution in [-0.2, 0) is 6.54 Å². The lowest BCUT2D eigenvalue weighted by Crippen LogP contribution is -2.34. The Morgan fingerprint density at radius 1 is 1.00 bits per heavy atom. The van der Waals surface area contributed by atoms with E-state index in [0.29, 0.717) is 0 Å². The van der Waals surface area contributed by atoms with Crippen LogP contribution in [0.4, 0.5) is 0 Å². The van der Waals surface area contributed by atoms with Gasteiger partial charge in [-0.25, -0.2) is 4.98 Å². The van der Waals surface area contributed by atoms with Crippen LogP contribution in [0.3, 0.4) is 0 Å². The number of hydrogen-bond donors (Lipinski definition) is 0. The lowest BCUT2D eigenvalue weighted by Gasteiger charge is -2.26. The van der Waals surface area contributed by atoms with E-state index in [4.69, 9.17) is 0 Å². The normalized spacial score (nSPS) is 16.0. The van der Waals surface area contributed by atoms with Gasteiger partial charge in [0.2, 0.25) is 0 Å². The maximum atomic E-state index is 12.2. The van der Waals surface area contributed by atoms with Crippen LogP contribution < -0.4 is 5.56 Å². The fraction of sp³-hybridized carbons (Fsp3) is 0.412. The zero-order valence-corrected chi connectivity index (χ0v) is 12.2. The van der Waals surface area contributed by atoms with Gasteiger partial charge in [0.15, 0.2) is 0 Å². The van der Waals surface area contributed by atoms with Gasteiger partial charge in [0.1, 0.15) is 0 Å². The average molecular weight is 283 g/mol. The summed E-state index contributed by atoms with van der Waals surface area (Å²) in [6.07, 6.45) is 5.57. The van der Waals surface area contributed by atoms with Gasteiger partial charge in [-0.05, 0) is 25.9 Å². The van der Waals surface area contributed by atoms with E-state index >= 15 is 0 Å². The first kappa shape index (κ1) is 14.0. The van der Waals surface area contributed by atoms with Crippen molar-refractivity contribution < 1.29 is 0 Å². The highest BCUT2D eigenvalue weighted by Gasteiger charge is 2.10. The van der Waals surface area contributed by atoms with Gasteiger partial charge in [-0.3, -0.25) is 9.36 Å². The highest BCUT2D eigenvalue weighted by molar-refractivity contribution is 5.57. The minimum absolute atomic E-state index is 0.0286. The molecular weight excluding hydrogens is 262 g/mol. The maximum absolute atomic E-state index is 12.2. The molecule has 0 aliphatic carbocycles. The molecule has 1 aromatic heterocycles. The minimum atomic E-state index is 0.0286. The van der Waals surface area contributed by atoms with Crippen molar-refractivity contribution in [3.63, 3.8) is 0 Å². The molecule has 0 radical (unpaired) electrons. The Morgan fingerprint density at radius 3 is 2.48 bits per heavy atom. The van der Waals surface area contributed by atoms with E-state index in [1.807, 2.05) is 30.3 Å². The van der Waals surface area contributed by atoms with Crippen LogP contribution in [0.2, 0.25) is 0 Å². The maximum Gasteiger partial charge on any atom is 0.253 e. The van der Waals surface area contributed by atoms with Crippen LogP contribution in [-0.4, -0.2) is 34.1 Å². The second kappa shape index (κ2) is 6.68. The van der Waals surface area contributed by atoms with Crippen molar-refractivity contribution in [3.05, 3.63) is 53.1 Å². The lowest BCUT2D eigenvalue weighted by atomic mass is 10.1. The van der Waals surface area contributed by atoms with Crippen LogP contribution in [0.5, 0.6) is 0 Å². The third-order valence-electron chi connectivity index (χ3n) is 4.05. The fourth-order valence-electron chi connectivity index (χ4n) is 2.79. The van der Waals surface area contributed by atoms with Gasteiger partial charge in [-0.1, -0.05) is 36.8 Å². The van der Waals surface area contributed by atoms with Crippen molar-refractivity contribution in [2.24, 2.45) is 0 Å². The first-order chi connectivity index (χ1) is 10.3. The summed E-state index contributed by atoms with van der Waals surface area (Å²) >= 11 is 0. The van der Waals surface area contributed by atoms with Crippen molar-refractivity contribution in [2.45, 2.75) is 25.8 Å². The number of rotatable bonds is 4. The molecule has 2 heterocycles. The van der Waals surface area contributed by atoms with Gasteiger partial charge in [0.25, 0.3) is 5.56 Å². The van der Waals surface area contributed by atoms with Gasteiger partial charge in [0, 0.05) is 24.7 Å². The predicted octanol–water partition coefficient (Wildman–Crippen LogP) is 2.40. The Labute approximate surface area is 125 Å². The molecule has 0 spiro atoms. The zero-order chi connectivity index (χ0) is 14.5. The molecule has 0 N–H and O–H groups in total. The van der Waals surface area contributed by atoms with E-state index in [1.165, 1.54) is 19.3 Å². The molecule has 0 atom stereocenters. The standard InChI is InChI=1S/C17H21N3O/c21-17-13-16(15-7-3-1-4-8-15)18-14-20(17)12-11-19-9-5-2-6-10-19/h1,3-4,7-8,13-14H,2,5-6,9-12H2. The van der Waals surface area contributed by atoms with Gasteiger partial charge in [-0.2, -0.15) is 0 Å². The number of nitrogens with zero attached hydrogens (tertiary/aromatic N) is 3. The smallest absolute Gasteiger partial charge is 0.253 e. The molecule has 1 aliphatic rings. The summed E-state index contributed by atoms with van der Waals surface area (Å²) < 4.78 is 1.71. The first-order valence-electron chi connectivity index (χ1n) is 7.67. The van der Waals surface area contributed by atoms with Gasteiger partial charge >= 0.3 is 0 Å². The molecule has 2 aromatic rings.